The first-order valence-corrected chi connectivity index (χ1v) is 7.56. The number of hydrogen-bond acceptors (Lipinski definition) is 4. The molecule has 0 bridgehead atoms. The SMILES string of the molecule is COc1ccc(C)cc1S(=O)(=O)CC(N)C(C)C. The topological polar surface area (TPSA) is 69.4 Å². The van der Waals surface area contributed by atoms with Gasteiger partial charge in [-0.15, -0.1) is 0 Å². The highest BCUT2D eigenvalue weighted by atomic mass is 32.2. The van der Waals surface area contributed by atoms with E-state index in [2.05, 4.69) is 0 Å². The van der Waals surface area contributed by atoms with E-state index >= 15 is 0 Å². The molecule has 18 heavy (non-hydrogen) atoms. The Labute approximate surface area is 109 Å². The highest BCUT2D eigenvalue weighted by Gasteiger charge is 2.24. The third-order valence-electron chi connectivity index (χ3n) is 2.92. The Balaban J connectivity index is 3.15. The lowest BCUT2D eigenvalue weighted by Gasteiger charge is -2.17. The molecule has 0 spiro atoms. The largest absolute Gasteiger partial charge is 0.495 e. The van der Waals surface area contributed by atoms with Crippen molar-refractivity contribution in [3.05, 3.63) is 23.8 Å². The maximum atomic E-state index is 12.3. The van der Waals surface area contributed by atoms with Gasteiger partial charge in [0.25, 0.3) is 0 Å². The molecule has 5 heteroatoms. The third-order valence-corrected chi connectivity index (χ3v) is 4.74. The van der Waals surface area contributed by atoms with E-state index in [0.29, 0.717) is 5.75 Å². The minimum atomic E-state index is -3.42. The second kappa shape index (κ2) is 5.71. The summed E-state index contributed by atoms with van der Waals surface area (Å²) in [6.07, 6.45) is 0. The van der Waals surface area contributed by atoms with Gasteiger partial charge < -0.3 is 10.5 Å². The molecule has 0 fully saturated rings. The molecule has 1 aromatic rings. The molecule has 0 saturated heterocycles. The molecule has 2 N–H and O–H groups in total. The van der Waals surface area contributed by atoms with Gasteiger partial charge in [0.05, 0.1) is 12.9 Å². The van der Waals surface area contributed by atoms with Crippen LogP contribution >= 0.6 is 0 Å². The van der Waals surface area contributed by atoms with Crippen molar-refractivity contribution in [2.75, 3.05) is 12.9 Å². The van der Waals surface area contributed by atoms with Crippen LogP contribution in [0.2, 0.25) is 0 Å². The van der Waals surface area contributed by atoms with Crippen LogP contribution in [0.5, 0.6) is 5.75 Å². The molecular formula is C13H21NO3S. The molecule has 1 unspecified atom stereocenters. The van der Waals surface area contributed by atoms with Crippen molar-refractivity contribution in [3.8, 4) is 5.75 Å². The fourth-order valence-electron chi connectivity index (χ4n) is 1.56. The van der Waals surface area contributed by atoms with Crippen molar-refractivity contribution in [1.82, 2.24) is 0 Å². The van der Waals surface area contributed by atoms with E-state index in [1.165, 1.54) is 7.11 Å². The molecule has 0 saturated carbocycles. The fraction of sp³-hybridized carbons (Fsp3) is 0.538. The monoisotopic (exact) mass is 271 g/mol. The van der Waals surface area contributed by atoms with Crippen molar-refractivity contribution >= 4 is 9.84 Å². The zero-order chi connectivity index (χ0) is 13.9. The summed E-state index contributed by atoms with van der Waals surface area (Å²) < 4.78 is 29.7. The molecule has 1 aromatic carbocycles. The van der Waals surface area contributed by atoms with Crippen LogP contribution in [-0.4, -0.2) is 27.3 Å². The number of hydrogen-bond donors (Lipinski definition) is 1. The zero-order valence-electron chi connectivity index (χ0n) is 11.3. The van der Waals surface area contributed by atoms with Gasteiger partial charge in [0.2, 0.25) is 0 Å². The van der Waals surface area contributed by atoms with Gasteiger partial charge in [0.1, 0.15) is 10.6 Å². The molecular weight excluding hydrogens is 250 g/mol. The van der Waals surface area contributed by atoms with Crippen molar-refractivity contribution in [1.29, 1.82) is 0 Å². The van der Waals surface area contributed by atoms with Gasteiger partial charge in [-0.2, -0.15) is 0 Å². The Kier molecular flexibility index (Phi) is 4.76. The molecule has 102 valence electrons. The second-order valence-corrected chi connectivity index (χ2v) is 6.85. The van der Waals surface area contributed by atoms with Crippen LogP contribution in [0, 0.1) is 12.8 Å². The van der Waals surface area contributed by atoms with Crippen LogP contribution in [-0.2, 0) is 9.84 Å². The molecule has 1 atom stereocenters. The van der Waals surface area contributed by atoms with E-state index in [9.17, 15) is 8.42 Å². The van der Waals surface area contributed by atoms with Gasteiger partial charge in [0, 0.05) is 6.04 Å². The molecule has 0 aliphatic rings. The van der Waals surface area contributed by atoms with Crippen molar-refractivity contribution in [2.45, 2.75) is 31.7 Å². The van der Waals surface area contributed by atoms with Crippen LogP contribution in [0.4, 0.5) is 0 Å². The van der Waals surface area contributed by atoms with E-state index < -0.39 is 9.84 Å². The summed E-state index contributed by atoms with van der Waals surface area (Å²) in [5, 5.41) is 0. The number of benzene rings is 1. The molecule has 0 amide bonds. The number of sulfone groups is 1. The maximum Gasteiger partial charge on any atom is 0.183 e. The lowest BCUT2D eigenvalue weighted by molar-refractivity contribution is 0.402. The Morgan fingerprint density at radius 3 is 2.44 bits per heavy atom. The average Bonchev–Trinajstić information content (AvgIpc) is 2.28. The third kappa shape index (κ3) is 3.46. The van der Waals surface area contributed by atoms with Gasteiger partial charge in [0.15, 0.2) is 9.84 Å². The minimum absolute atomic E-state index is 0.0650. The highest BCUT2D eigenvalue weighted by molar-refractivity contribution is 7.91. The van der Waals surface area contributed by atoms with Crippen LogP contribution < -0.4 is 10.5 Å². The summed E-state index contributed by atoms with van der Waals surface area (Å²) in [6, 6.07) is 4.74. The smallest absolute Gasteiger partial charge is 0.183 e. The molecule has 0 radical (unpaired) electrons. The molecule has 0 aliphatic heterocycles. The van der Waals surface area contributed by atoms with E-state index in [1.807, 2.05) is 26.8 Å². The summed E-state index contributed by atoms with van der Waals surface area (Å²) in [4.78, 5) is 0.223. The number of methoxy groups -OCH3 is 1. The molecule has 0 heterocycles. The first-order valence-electron chi connectivity index (χ1n) is 5.91. The van der Waals surface area contributed by atoms with Crippen molar-refractivity contribution in [3.63, 3.8) is 0 Å². The van der Waals surface area contributed by atoms with Crippen LogP contribution in [0.15, 0.2) is 23.1 Å². The number of aryl methyl sites for hydroxylation is 1. The van der Waals surface area contributed by atoms with Gasteiger partial charge in [-0.3, -0.25) is 0 Å². The highest BCUT2D eigenvalue weighted by Crippen LogP contribution is 2.26. The molecule has 0 aliphatic carbocycles. The van der Waals surface area contributed by atoms with Crippen LogP contribution in [0.25, 0.3) is 0 Å². The number of ether oxygens (including phenoxy) is 1. The summed E-state index contributed by atoms with van der Waals surface area (Å²) in [6.45, 7) is 5.67. The summed E-state index contributed by atoms with van der Waals surface area (Å²) in [7, 11) is -1.96. The van der Waals surface area contributed by atoms with Crippen molar-refractivity contribution < 1.29 is 13.2 Å². The first kappa shape index (κ1) is 15.0. The van der Waals surface area contributed by atoms with Crippen molar-refractivity contribution in [2.24, 2.45) is 11.7 Å². The van der Waals surface area contributed by atoms with Crippen LogP contribution in [0.1, 0.15) is 19.4 Å². The summed E-state index contributed by atoms with van der Waals surface area (Å²) >= 11 is 0. The fourth-order valence-corrected chi connectivity index (χ4v) is 3.46. The first-order chi connectivity index (χ1) is 8.27. The Hall–Kier alpha value is -1.07. The normalized spacial score (nSPS) is 13.7. The maximum absolute atomic E-state index is 12.3. The average molecular weight is 271 g/mol. The van der Waals surface area contributed by atoms with E-state index in [0.717, 1.165) is 5.56 Å². The van der Waals surface area contributed by atoms with Gasteiger partial charge >= 0.3 is 0 Å². The predicted octanol–water partition coefficient (Wildman–Crippen LogP) is 1.76. The minimum Gasteiger partial charge on any atom is -0.495 e. The Morgan fingerprint density at radius 2 is 1.94 bits per heavy atom. The molecule has 0 aromatic heterocycles. The lowest BCUT2D eigenvalue weighted by Crippen LogP contribution is -2.34. The summed E-state index contributed by atoms with van der Waals surface area (Å²) in [5.74, 6) is 0.428. The van der Waals surface area contributed by atoms with E-state index in [4.69, 9.17) is 10.5 Å². The van der Waals surface area contributed by atoms with Gasteiger partial charge in [-0.1, -0.05) is 19.9 Å². The number of rotatable bonds is 5. The Bertz CT molecular complexity index is 509. The standard InChI is InChI=1S/C13H21NO3S/c1-9(2)11(14)8-18(15,16)13-7-10(3)5-6-12(13)17-4/h5-7,9,11H,8,14H2,1-4H3. The van der Waals surface area contributed by atoms with E-state index in [1.54, 1.807) is 12.1 Å². The lowest BCUT2D eigenvalue weighted by atomic mass is 10.1. The zero-order valence-corrected chi connectivity index (χ0v) is 12.1. The Morgan fingerprint density at radius 1 is 1.33 bits per heavy atom. The van der Waals surface area contributed by atoms with E-state index in [-0.39, 0.29) is 22.6 Å². The van der Waals surface area contributed by atoms with Gasteiger partial charge in [-0.05, 0) is 30.5 Å². The molecule has 4 nitrogen and oxygen atoms in total. The molecule has 1 rings (SSSR count). The summed E-state index contributed by atoms with van der Waals surface area (Å²) in [5.41, 5.74) is 6.73. The number of nitrogens with two attached hydrogens (primary N) is 1. The van der Waals surface area contributed by atoms with Gasteiger partial charge in [-0.25, -0.2) is 8.42 Å². The van der Waals surface area contributed by atoms with Crippen LogP contribution in [0.3, 0.4) is 0 Å². The predicted molar refractivity (Wildman–Crippen MR) is 72.6 cm³/mol. The quantitative estimate of drug-likeness (QED) is 0.886. The second-order valence-electron chi connectivity index (χ2n) is 4.84.